The van der Waals surface area contributed by atoms with Crippen LogP contribution in [0.25, 0.3) is 0 Å². The van der Waals surface area contributed by atoms with Crippen molar-refractivity contribution >= 4 is 11.8 Å². The van der Waals surface area contributed by atoms with E-state index in [-0.39, 0.29) is 0 Å². The zero-order chi connectivity index (χ0) is 17.5. The number of quaternary nitrogens is 1. The number of aromatic nitrogens is 3. The molecule has 2 aromatic rings. The van der Waals surface area contributed by atoms with Gasteiger partial charge in [-0.15, -0.1) is 10.2 Å². The van der Waals surface area contributed by atoms with Gasteiger partial charge in [0.05, 0.1) is 25.5 Å². The number of ether oxygens (including phenoxy) is 2. The fraction of sp³-hybridized carbons (Fsp3) is 0.556. The van der Waals surface area contributed by atoms with Crippen LogP contribution in [0.5, 0.6) is 5.75 Å². The quantitative estimate of drug-likeness (QED) is 0.714. The normalized spacial score (nSPS) is 15.4. The van der Waals surface area contributed by atoms with Crippen molar-refractivity contribution in [2.45, 2.75) is 32.2 Å². The number of thioether (sulfide) groups is 1. The predicted octanol–water partition coefficient (Wildman–Crippen LogP) is 1.19. The van der Waals surface area contributed by atoms with E-state index in [1.165, 1.54) is 5.56 Å². The molecule has 2 heterocycles. The molecular weight excluding hydrogens is 336 g/mol. The van der Waals surface area contributed by atoms with Crippen molar-refractivity contribution in [3.63, 3.8) is 0 Å². The van der Waals surface area contributed by atoms with Gasteiger partial charge in [-0.1, -0.05) is 29.5 Å². The van der Waals surface area contributed by atoms with Crippen molar-refractivity contribution < 1.29 is 14.4 Å². The van der Waals surface area contributed by atoms with E-state index in [0.717, 1.165) is 61.9 Å². The second-order valence-electron chi connectivity index (χ2n) is 6.21. The Bertz CT molecular complexity index is 654. The minimum Gasteiger partial charge on any atom is -0.486 e. The third-order valence-electron chi connectivity index (χ3n) is 4.39. The Morgan fingerprint density at radius 3 is 2.68 bits per heavy atom. The number of nitrogens with zero attached hydrogens (tertiary/aromatic N) is 3. The highest BCUT2D eigenvalue weighted by molar-refractivity contribution is 7.99. The lowest BCUT2D eigenvalue weighted by Gasteiger charge is -2.23. The predicted molar refractivity (Wildman–Crippen MR) is 98.3 cm³/mol. The number of morpholine rings is 1. The molecule has 1 aromatic carbocycles. The first-order valence-corrected chi connectivity index (χ1v) is 9.90. The average Bonchev–Trinajstić information content (AvgIpc) is 3.04. The van der Waals surface area contributed by atoms with Crippen LogP contribution < -0.4 is 9.64 Å². The van der Waals surface area contributed by atoms with Crippen LogP contribution in [-0.2, 0) is 17.9 Å². The fourth-order valence-corrected chi connectivity index (χ4v) is 3.89. The first-order valence-electron chi connectivity index (χ1n) is 8.92. The second-order valence-corrected chi connectivity index (χ2v) is 7.27. The van der Waals surface area contributed by atoms with Gasteiger partial charge in [0, 0.05) is 6.54 Å². The third-order valence-corrected chi connectivity index (χ3v) is 5.35. The maximum absolute atomic E-state index is 5.85. The summed E-state index contributed by atoms with van der Waals surface area (Å²) in [7, 11) is 0. The number of hydrogen-bond donors (Lipinski definition) is 1. The van der Waals surface area contributed by atoms with E-state index in [4.69, 9.17) is 9.47 Å². The average molecular weight is 364 g/mol. The Hall–Kier alpha value is -1.57. The van der Waals surface area contributed by atoms with Gasteiger partial charge in [-0.25, -0.2) is 0 Å². The topological polar surface area (TPSA) is 53.6 Å². The van der Waals surface area contributed by atoms with E-state index < -0.39 is 0 Å². The van der Waals surface area contributed by atoms with Crippen molar-refractivity contribution in [3.05, 3.63) is 35.7 Å². The van der Waals surface area contributed by atoms with Crippen molar-refractivity contribution in [2.24, 2.45) is 0 Å². The van der Waals surface area contributed by atoms with Crippen molar-refractivity contribution in [2.75, 3.05) is 38.6 Å². The molecule has 1 aromatic heterocycles. The van der Waals surface area contributed by atoms with Crippen LogP contribution in [-0.4, -0.2) is 53.4 Å². The first kappa shape index (κ1) is 18.2. The molecule has 0 amide bonds. The van der Waals surface area contributed by atoms with E-state index in [0.29, 0.717) is 6.61 Å². The molecule has 0 bridgehead atoms. The monoisotopic (exact) mass is 363 g/mol. The van der Waals surface area contributed by atoms with Crippen molar-refractivity contribution in [3.8, 4) is 5.75 Å². The highest BCUT2D eigenvalue weighted by atomic mass is 32.2. The lowest BCUT2D eigenvalue weighted by Crippen LogP contribution is -3.14. The SMILES string of the molecule is CCn1c(COc2ccc(C)cc2)nnc1SCC[NH+]1CCOCC1. The molecule has 25 heavy (non-hydrogen) atoms. The molecule has 0 saturated carbocycles. The van der Waals surface area contributed by atoms with Crippen LogP contribution in [0.4, 0.5) is 0 Å². The standard InChI is InChI=1S/C18H26N4O2S/c1-3-22-17(14-24-16-6-4-15(2)5-7-16)19-20-18(22)25-13-10-21-8-11-23-12-9-21/h4-7H,3,8-14H2,1-2H3/p+1. The van der Waals surface area contributed by atoms with Crippen LogP contribution in [0.3, 0.4) is 0 Å². The van der Waals surface area contributed by atoms with Gasteiger partial charge in [-0.3, -0.25) is 0 Å². The van der Waals surface area contributed by atoms with Gasteiger partial charge in [0.15, 0.2) is 11.0 Å². The summed E-state index contributed by atoms with van der Waals surface area (Å²) < 4.78 is 13.4. The smallest absolute Gasteiger partial charge is 0.191 e. The fourth-order valence-electron chi connectivity index (χ4n) is 2.83. The molecule has 0 unspecified atom stereocenters. The Morgan fingerprint density at radius 2 is 1.96 bits per heavy atom. The Kier molecular flexibility index (Phi) is 6.72. The summed E-state index contributed by atoms with van der Waals surface area (Å²) in [6, 6.07) is 8.08. The van der Waals surface area contributed by atoms with E-state index >= 15 is 0 Å². The summed E-state index contributed by atoms with van der Waals surface area (Å²) in [5, 5.41) is 9.67. The molecule has 136 valence electrons. The van der Waals surface area contributed by atoms with E-state index in [1.807, 2.05) is 12.1 Å². The molecule has 0 aliphatic carbocycles. The summed E-state index contributed by atoms with van der Waals surface area (Å²) in [6.45, 7) is 10.6. The van der Waals surface area contributed by atoms with Gasteiger partial charge in [0.2, 0.25) is 0 Å². The summed E-state index contributed by atoms with van der Waals surface area (Å²) in [5.41, 5.74) is 1.23. The molecule has 3 rings (SSSR count). The lowest BCUT2D eigenvalue weighted by molar-refractivity contribution is -0.905. The molecule has 1 fully saturated rings. The molecule has 0 radical (unpaired) electrons. The van der Waals surface area contributed by atoms with E-state index in [1.54, 1.807) is 16.7 Å². The van der Waals surface area contributed by atoms with Crippen molar-refractivity contribution in [1.82, 2.24) is 14.8 Å². The summed E-state index contributed by atoms with van der Waals surface area (Å²) in [4.78, 5) is 1.62. The number of aryl methyl sites for hydroxylation is 1. The number of nitrogens with one attached hydrogen (secondary N) is 1. The zero-order valence-electron chi connectivity index (χ0n) is 15.0. The Labute approximate surface area is 153 Å². The van der Waals surface area contributed by atoms with Crippen LogP contribution in [0.2, 0.25) is 0 Å². The van der Waals surface area contributed by atoms with Gasteiger partial charge in [-0.05, 0) is 26.0 Å². The number of rotatable bonds is 8. The van der Waals surface area contributed by atoms with Gasteiger partial charge in [0.25, 0.3) is 0 Å². The van der Waals surface area contributed by atoms with Gasteiger partial charge in [0.1, 0.15) is 25.4 Å². The molecule has 0 atom stereocenters. The lowest BCUT2D eigenvalue weighted by atomic mass is 10.2. The van der Waals surface area contributed by atoms with Gasteiger partial charge in [-0.2, -0.15) is 0 Å². The molecule has 1 N–H and O–H groups in total. The molecular formula is C18H27N4O2S+. The van der Waals surface area contributed by atoms with Crippen LogP contribution in [0.15, 0.2) is 29.4 Å². The maximum atomic E-state index is 5.85. The second kappa shape index (κ2) is 9.22. The first-order chi connectivity index (χ1) is 12.3. The highest BCUT2D eigenvalue weighted by Crippen LogP contribution is 2.18. The van der Waals surface area contributed by atoms with Crippen LogP contribution in [0, 0.1) is 6.92 Å². The van der Waals surface area contributed by atoms with E-state index in [2.05, 4.69) is 40.7 Å². The minimum absolute atomic E-state index is 0.444. The van der Waals surface area contributed by atoms with E-state index in [9.17, 15) is 0 Å². The Morgan fingerprint density at radius 1 is 1.20 bits per heavy atom. The molecule has 7 heteroatoms. The summed E-state index contributed by atoms with van der Waals surface area (Å²) in [5.74, 6) is 2.79. The third kappa shape index (κ3) is 5.20. The number of hydrogen-bond acceptors (Lipinski definition) is 5. The van der Waals surface area contributed by atoms with Crippen molar-refractivity contribution in [1.29, 1.82) is 0 Å². The Balaban J connectivity index is 1.52. The van der Waals surface area contributed by atoms with Gasteiger partial charge >= 0.3 is 0 Å². The summed E-state index contributed by atoms with van der Waals surface area (Å²) in [6.07, 6.45) is 0. The number of benzene rings is 1. The highest BCUT2D eigenvalue weighted by Gasteiger charge is 2.16. The van der Waals surface area contributed by atoms with Crippen LogP contribution in [0.1, 0.15) is 18.3 Å². The molecule has 1 saturated heterocycles. The summed E-state index contributed by atoms with van der Waals surface area (Å²) >= 11 is 1.78. The molecule has 6 nitrogen and oxygen atoms in total. The largest absolute Gasteiger partial charge is 0.486 e. The van der Waals surface area contributed by atoms with Crippen LogP contribution >= 0.6 is 11.8 Å². The zero-order valence-corrected chi connectivity index (χ0v) is 15.8. The minimum atomic E-state index is 0.444. The van der Waals surface area contributed by atoms with Gasteiger partial charge < -0.3 is 18.9 Å². The molecule has 1 aliphatic rings. The maximum Gasteiger partial charge on any atom is 0.191 e. The molecule has 1 aliphatic heterocycles. The molecule has 0 spiro atoms.